The van der Waals surface area contributed by atoms with Gasteiger partial charge < -0.3 is 14.5 Å². The van der Waals surface area contributed by atoms with Crippen LogP contribution in [0.1, 0.15) is 6.92 Å². The van der Waals surface area contributed by atoms with Crippen molar-refractivity contribution in [3.05, 3.63) is 42.6 Å². The van der Waals surface area contributed by atoms with Gasteiger partial charge in [0.1, 0.15) is 5.75 Å². The molecule has 1 atom stereocenters. The minimum absolute atomic E-state index is 0.140. The second-order valence-electron chi connectivity index (χ2n) is 4.79. The minimum atomic E-state index is -0.366. The predicted molar refractivity (Wildman–Crippen MR) is 88.7 cm³/mol. The number of thioether (sulfide) groups is 1. The van der Waals surface area contributed by atoms with Crippen LogP contribution in [0.2, 0.25) is 0 Å². The lowest BCUT2D eigenvalue weighted by Gasteiger charge is -2.10. The van der Waals surface area contributed by atoms with Gasteiger partial charge in [-0.1, -0.05) is 17.8 Å². The molecule has 3 aromatic rings. The number of benzene rings is 1. The monoisotopic (exact) mass is 329 g/mol. The van der Waals surface area contributed by atoms with Crippen molar-refractivity contribution in [2.45, 2.75) is 17.4 Å². The third kappa shape index (κ3) is 3.62. The Hall–Kier alpha value is -2.54. The molecule has 6 nitrogen and oxygen atoms in total. The van der Waals surface area contributed by atoms with E-state index in [0.29, 0.717) is 27.9 Å². The average molecular weight is 329 g/mol. The topological polar surface area (TPSA) is 77.2 Å². The molecule has 0 bridgehead atoms. The first kappa shape index (κ1) is 15.4. The van der Waals surface area contributed by atoms with Gasteiger partial charge in [-0.15, -0.1) is 0 Å². The molecule has 0 unspecified atom stereocenters. The summed E-state index contributed by atoms with van der Waals surface area (Å²) in [4.78, 5) is 20.6. The molecule has 1 aromatic carbocycles. The van der Waals surface area contributed by atoms with Gasteiger partial charge in [0.2, 0.25) is 5.91 Å². The Bertz CT molecular complexity index is 801. The van der Waals surface area contributed by atoms with Crippen LogP contribution in [0.3, 0.4) is 0 Å². The number of hydrogen-bond acceptors (Lipinski definition) is 6. The van der Waals surface area contributed by atoms with Crippen molar-refractivity contribution < 1.29 is 13.9 Å². The second-order valence-corrected chi connectivity index (χ2v) is 6.08. The molecule has 7 heteroatoms. The third-order valence-corrected chi connectivity index (χ3v) is 4.07. The lowest BCUT2D eigenvalue weighted by atomic mass is 10.3. The highest BCUT2D eigenvalue weighted by molar-refractivity contribution is 8.00. The Morgan fingerprint density at radius 2 is 2.22 bits per heavy atom. The summed E-state index contributed by atoms with van der Waals surface area (Å²) in [6, 6.07) is 10.8. The van der Waals surface area contributed by atoms with Crippen LogP contribution in [0.4, 0.5) is 5.69 Å². The van der Waals surface area contributed by atoms with Crippen molar-refractivity contribution in [2.75, 3.05) is 12.4 Å². The molecule has 0 fully saturated rings. The number of rotatable bonds is 5. The highest BCUT2D eigenvalue weighted by atomic mass is 32.2. The number of carbonyl (C=O) groups excluding carboxylic acids is 1. The molecule has 118 valence electrons. The quantitative estimate of drug-likeness (QED) is 0.723. The molecule has 0 saturated carbocycles. The zero-order chi connectivity index (χ0) is 16.2. The van der Waals surface area contributed by atoms with Crippen molar-refractivity contribution in [3.63, 3.8) is 0 Å². The maximum Gasteiger partial charge on any atom is 0.259 e. The normalized spacial score (nSPS) is 12.1. The Kier molecular flexibility index (Phi) is 4.47. The summed E-state index contributed by atoms with van der Waals surface area (Å²) in [6.07, 6.45) is 1.65. The first-order chi connectivity index (χ1) is 11.2. The Morgan fingerprint density at radius 1 is 1.35 bits per heavy atom. The smallest absolute Gasteiger partial charge is 0.259 e. The van der Waals surface area contributed by atoms with E-state index in [-0.39, 0.29) is 11.2 Å². The van der Waals surface area contributed by atoms with Crippen molar-refractivity contribution in [2.24, 2.45) is 0 Å². The number of carbonyl (C=O) groups is 1. The maximum absolute atomic E-state index is 12.3. The number of pyridine rings is 1. The van der Waals surface area contributed by atoms with Crippen LogP contribution >= 0.6 is 11.8 Å². The molecule has 0 aliphatic rings. The molecule has 0 aliphatic carbocycles. The lowest BCUT2D eigenvalue weighted by Crippen LogP contribution is -2.22. The number of nitrogens with zero attached hydrogens (tertiary/aromatic N) is 2. The van der Waals surface area contributed by atoms with Crippen molar-refractivity contribution in [1.82, 2.24) is 9.97 Å². The van der Waals surface area contributed by atoms with Crippen LogP contribution in [0.25, 0.3) is 11.2 Å². The summed E-state index contributed by atoms with van der Waals surface area (Å²) in [5, 5.41) is 2.90. The lowest BCUT2D eigenvalue weighted by molar-refractivity contribution is -0.115. The van der Waals surface area contributed by atoms with Gasteiger partial charge in [0, 0.05) is 18.0 Å². The number of oxazole rings is 1. The van der Waals surface area contributed by atoms with Crippen LogP contribution < -0.4 is 10.1 Å². The number of aromatic nitrogens is 2. The number of nitrogens with one attached hydrogen (secondary N) is 1. The zero-order valence-electron chi connectivity index (χ0n) is 12.6. The van der Waals surface area contributed by atoms with Gasteiger partial charge >= 0.3 is 0 Å². The van der Waals surface area contributed by atoms with E-state index in [4.69, 9.17) is 9.15 Å². The number of ether oxygens (including phenoxy) is 1. The van der Waals surface area contributed by atoms with Gasteiger partial charge in [-0.25, -0.2) is 4.98 Å². The fourth-order valence-corrected chi connectivity index (χ4v) is 2.69. The van der Waals surface area contributed by atoms with Gasteiger partial charge in [-0.3, -0.25) is 4.79 Å². The van der Waals surface area contributed by atoms with E-state index in [2.05, 4.69) is 15.3 Å². The van der Waals surface area contributed by atoms with E-state index in [0.717, 1.165) is 0 Å². The highest BCUT2D eigenvalue weighted by Gasteiger charge is 2.18. The second kappa shape index (κ2) is 6.70. The maximum atomic E-state index is 12.3. The summed E-state index contributed by atoms with van der Waals surface area (Å²) in [6.45, 7) is 1.79. The number of amides is 1. The van der Waals surface area contributed by atoms with Crippen LogP contribution in [0, 0.1) is 0 Å². The van der Waals surface area contributed by atoms with E-state index >= 15 is 0 Å². The summed E-state index contributed by atoms with van der Waals surface area (Å²) in [7, 11) is 1.58. The molecule has 1 N–H and O–H groups in total. The predicted octanol–water partition coefficient (Wildman–Crippen LogP) is 3.35. The molecule has 23 heavy (non-hydrogen) atoms. The molecule has 1 amide bonds. The van der Waals surface area contributed by atoms with Crippen LogP contribution in [-0.4, -0.2) is 28.2 Å². The molecular weight excluding hydrogens is 314 g/mol. The Labute approximate surface area is 137 Å². The number of methoxy groups -OCH3 is 1. The van der Waals surface area contributed by atoms with E-state index in [1.807, 2.05) is 12.1 Å². The molecule has 0 spiro atoms. The number of anilines is 1. The summed E-state index contributed by atoms with van der Waals surface area (Å²) >= 11 is 1.25. The standard InChI is InChI=1S/C16H15N3O3S/c1-10(15(20)18-11-5-3-6-12(9-11)21-2)23-16-19-14-13(22-16)7-4-8-17-14/h3-10H,1-2H3,(H,18,20)/t10-/m1/s1. The van der Waals surface area contributed by atoms with Crippen LogP contribution in [-0.2, 0) is 4.79 Å². The fraction of sp³-hybridized carbons (Fsp3) is 0.188. The van der Waals surface area contributed by atoms with Crippen molar-refractivity contribution in [1.29, 1.82) is 0 Å². The largest absolute Gasteiger partial charge is 0.497 e. The van der Waals surface area contributed by atoms with E-state index in [1.165, 1.54) is 11.8 Å². The Balaban J connectivity index is 1.67. The number of fused-ring (bicyclic) bond motifs is 1. The molecule has 3 rings (SSSR count). The van der Waals surface area contributed by atoms with Gasteiger partial charge in [0.05, 0.1) is 12.4 Å². The molecule has 2 heterocycles. The van der Waals surface area contributed by atoms with Crippen LogP contribution in [0.15, 0.2) is 52.2 Å². The number of hydrogen-bond donors (Lipinski definition) is 1. The SMILES string of the molecule is COc1cccc(NC(=O)[C@@H](C)Sc2nc3ncccc3o2)c1. The van der Waals surface area contributed by atoms with E-state index < -0.39 is 0 Å². The summed E-state index contributed by atoms with van der Waals surface area (Å²) in [5.74, 6) is 0.548. The minimum Gasteiger partial charge on any atom is -0.497 e. The molecule has 0 radical (unpaired) electrons. The van der Waals surface area contributed by atoms with Gasteiger partial charge in [-0.05, 0) is 31.2 Å². The zero-order valence-corrected chi connectivity index (χ0v) is 13.5. The summed E-state index contributed by atoms with van der Waals surface area (Å²) < 4.78 is 10.7. The highest BCUT2D eigenvalue weighted by Crippen LogP contribution is 2.26. The first-order valence-corrected chi connectivity index (χ1v) is 7.87. The molecule has 2 aromatic heterocycles. The van der Waals surface area contributed by atoms with Crippen molar-refractivity contribution in [3.8, 4) is 5.75 Å². The van der Waals surface area contributed by atoms with Gasteiger partial charge in [0.25, 0.3) is 5.22 Å². The van der Waals surface area contributed by atoms with E-state index in [1.54, 1.807) is 44.5 Å². The molecule has 0 saturated heterocycles. The summed E-state index contributed by atoms with van der Waals surface area (Å²) in [5.41, 5.74) is 1.83. The van der Waals surface area contributed by atoms with Gasteiger partial charge in [-0.2, -0.15) is 4.98 Å². The fourth-order valence-electron chi connectivity index (χ4n) is 1.95. The third-order valence-electron chi connectivity index (χ3n) is 3.13. The average Bonchev–Trinajstić information content (AvgIpc) is 2.97. The first-order valence-electron chi connectivity index (χ1n) is 6.99. The Morgan fingerprint density at radius 3 is 3.00 bits per heavy atom. The van der Waals surface area contributed by atoms with Crippen molar-refractivity contribution >= 4 is 34.6 Å². The molecular formula is C16H15N3O3S. The molecule has 0 aliphatic heterocycles. The van der Waals surface area contributed by atoms with E-state index in [9.17, 15) is 4.79 Å². The van der Waals surface area contributed by atoms with Gasteiger partial charge in [0.15, 0.2) is 11.2 Å². The van der Waals surface area contributed by atoms with Crippen LogP contribution in [0.5, 0.6) is 5.75 Å².